The first kappa shape index (κ1) is 13.4. The number of carbonyl (C=O) groups is 1. The number of benzene rings is 1. The number of nitrogens with zero attached hydrogens (tertiary/aromatic N) is 1. The number of rotatable bonds is 5. The summed E-state index contributed by atoms with van der Waals surface area (Å²) in [6.07, 6.45) is -0.413. The Kier molecular flexibility index (Phi) is 5.33. The lowest BCUT2D eigenvalue weighted by Crippen LogP contribution is -2.22. The summed E-state index contributed by atoms with van der Waals surface area (Å²) >= 11 is 0. The molecule has 0 aromatic heterocycles. The van der Waals surface area contributed by atoms with Gasteiger partial charge in [0.15, 0.2) is 0 Å². The molecule has 0 bridgehead atoms. The fourth-order valence-electron chi connectivity index (χ4n) is 1.65. The number of carbonyl (C=O) groups excluding carboxylic acids is 1. The SMILES string of the molecule is CCOC(=O)Nc1cccc(N(CC)CC)c1. The Hall–Kier alpha value is -1.71. The molecule has 1 aromatic carbocycles. The molecule has 0 aliphatic heterocycles. The second-order valence-corrected chi connectivity index (χ2v) is 3.57. The van der Waals surface area contributed by atoms with E-state index in [9.17, 15) is 4.79 Å². The third kappa shape index (κ3) is 3.98. The molecule has 0 unspecified atom stereocenters. The predicted molar refractivity (Wildman–Crippen MR) is 70.6 cm³/mol. The summed E-state index contributed by atoms with van der Waals surface area (Å²) in [7, 11) is 0. The fraction of sp³-hybridized carbons (Fsp3) is 0.462. The van der Waals surface area contributed by atoms with Crippen molar-refractivity contribution in [2.75, 3.05) is 29.9 Å². The van der Waals surface area contributed by atoms with Crippen molar-refractivity contribution in [1.29, 1.82) is 0 Å². The first-order chi connectivity index (χ1) is 8.21. The topological polar surface area (TPSA) is 41.6 Å². The van der Waals surface area contributed by atoms with E-state index in [-0.39, 0.29) is 0 Å². The highest BCUT2D eigenvalue weighted by atomic mass is 16.5. The van der Waals surface area contributed by atoms with Gasteiger partial charge in [-0.05, 0) is 39.0 Å². The molecule has 94 valence electrons. The zero-order valence-corrected chi connectivity index (χ0v) is 10.7. The standard InChI is InChI=1S/C13H20N2O2/c1-4-15(5-2)12-9-7-8-11(10-12)14-13(16)17-6-3/h7-10H,4-6H2,1-3H3,(H,14,16). The van der Waals surface area contributed by atoms with Crippen LogP contribution in [-0.4, -0.2) is 25.8 Å². The fourth-order valence-corrected chi connectivity index (χ4v) is 1.65. The molecule has 0 atom stereocenters. The molecular formula is C13H20N2O2. The summed E-state index contributed by atoms with van der Waals surface area (Å²) in [5, 5.41) is 2.70. The van der Waals surface area contributed by atoms with E-state index in [1.165, 1.54) is 0 Å². The van der Waals surface area contributed by atoms with Crippen LogP contribution in [0.2, 0.25) is 0 Å². The van der Waals surface area contributed by atoms with Gasteiger partial charge in [0.25, 0.3) is 0 Å². The molecule has 0 saturated heterocycles. The lowest BCUT2D eigenvalue weighted by atomic mass is 10.2. The summed E-state index contributed by atoms with van der Waals surface area (Å²) in [6, 6.07) is 7.76. The second kappa shape index (κ2) is 6.78. The van der Waals surface area contributed by atoms with Crippen LogP contribution in [0.3, 0.4) is 0 Å². The van der Waals surface area contributed by atoms with Gasteiger partial charge in [-0.15, -0.1) is 0 Å². The van der Waals surface area contributed by atoms with Crippen LogP contribution in [0.15, 0.2) is 24.3 Å². The van der Waals surface area contributed by atoms with Crippen molar-refractivity contribution >= 4 is 17.5 Å². The van der Waals surface area contributed by atoms with Crippen molar-refractivity contribution in [3.63, 3.8) is 0 Å². The van der Waals surface area contributed by atoms with E-state index in [4.69, 9.17) is 4.74 Å². The molecule has 4 nitrogen and oxygen atoms in total. The van der Waals surface area contributed by atoms with E-state index < -0.39 is 6.09 Å². The Bertz CT molecular complexity index is 362. The molecule has 0 heterocycles. The van der Waals surface area contributed by atoms with E-state index in [0.717, 1.165) is 24.5 Å². The van der Waals surface area contributed by atoms with Crippen LogP contribution in [-0.2, 0) is 4.74 Å². The van der Waals surface area contributed by atoms with E-state index in [0.29, 0.717) is 6.61 Å². The number of hydrogen-bond acceptors (Lipinski definition) is 3. The number of anilines is 2. The summed E-state index contributed by atoms with van der Waals surface area (Å²) in [5.74, 6) is 0. The highest BCUT2D eigenvalue weighted by Gasteiger charge is 2.05. The Morgan fingerprint density at radius 3 is 2.59 bits per heavy atom. The molecule has 4 heteroatoms. The Labute approximate surface area is 103 Å². The molecule has 1 rings (SSSR count). The highest BCUT2D eigenvalue weighted by molar-refractivity contribution is 5.85. The molecule has 0 aliphatic carbocycles. The molecule has 1 amide bonds. The molecule has 1 aromatic rings. The minimum absolute atomic E-state index is 0.377. The zero-order valence-electron chi connectivity index (χ0n) is 10.7. The van der Waals surface area contributed by atoms with Crippen LogP contribution in [0, 0.1) is 0 Å². The van der Waals surface area contributed by atoms with Gasteiger partial charge in [-0.2, -0.15) is 0 Å². The summed E-state index contributed by atoms with van der Waals surface area (Å²) in [6.45, 7) is 8.26. The van der Waals surface area contributed by atoms with Crippen molar-refractivity contribution in [2.24, 2.45) is 0 Å². The van der Waals surface area contributed by atoms with Crippen LogP contribution >= 0.6 is 0 Å². The maximum absolute atomic E-state index is 11.3. The van der Waals surface area contributed by atoms with Crippen LogP contribution in [0.5, 0.6) is 0 Å². The molecule has 17 heavy (non-hydrogen) atoms. The maximum Gasteiger partial charge on any atom is 0.411 e. The maximum atomic E-state index is 11.3. The third-order valence-electron chi connectivity index (χ3n) is 2.50. The normalized spacial score (nSPS) is 9.82. The summed E-state index contributed by atoms with van der Waals surface area (Å²) in [5.41, 5.74) is 1.86. The molecule has 0 aliphatic rings. The third-order valence-corrected chi connectivity index (χ3v) is 2.50. The van der Waals surface area contributed by atoms with Gasteiger partial charge < -0.3 is 9.64 Å². The molecule has 0 radical (unpaired) electrons. The van der Waals surface area contributed by atoms with Crippen LogP contribution in [0.1, 0.15) is 20.8 Å². The lowest BCUT2D eigenvalue weighted by molar-refractivity contribution is 0.168. The number of ether oxygens (including phenoxy) is 1. The number of amides is 1. The first-order valence-corrected chi connectivity index (χ1v) is 6.00. The van der Waals surface area contributed by atoms with Gasteiger partial charge >= 0.3 is 6.09 Å². The Morgan fingerprint density at radius 1 is 1.29 bits per heavy atom. The van der Waals surface area contributed by atoms with Crippen molar-refractivity contribution in [2.45, 2.75) is 20.8 Å². The van der Waals surface area contributed by atoms with Crippen LogP contribution in [0.4, 0.5) is 16.2 Å². The monoisotopic (exact) mass is 236 g/mol. The quantitative estimate of drug-likeness (QED) is 0.854. The van der Waals surface area contributed by atoms with E-state index in [1.807, 2.05) is 24.3 Å². The minimum atomic E-state index is -0.413. The van der Waals surface area contributed by atoms with Crippen molar-refractivity contribution < 1.29 is 9.53 Å². The lowest BCUT2D eigenvalue weighted by Gasteiger charge is -2.21. The molecular weight excluding hydrogens is 216 g/mol. The molecule has 1 N–H and O–H groups in total. The van der Waals surface area contributed by atoms with Crippen LogP contribution < -0.4 is 10.2 Å². The Balaban J connectivity index is 2.75. The van der Waals surface area contributed by atoms with Gasteiger partial charge in [0.1, 0.15) is 0 Å². The van der Waals surface area contributed by atoms with Gasteiger partial charge in [-0.25, -0.2) is 4.79 Å². The van der Waals surface area contributed by atoms with Gasteiger partial charge in [0.05, 0.1) is 6.61 Å². The van der Waals surface area contributed by atoms with Crippen molar-refractivity contribution in [1.82, 2.24) is 0 Å². The Morgan fingerprint density at radius 2 is 2.00 bits per heavy atom. The first-order valence-electron chi connectivity index (χ1n) is 6.00. The molecule has 0 saturated carbocycles. The van der Waals surface area contributed by atoms with Crippen LogP contribution in [0.25, 0.3) is 0 Å². The highest BCUT2D eigenvalue weighted by Crippen LogP contribution is 2.19. The van der Waals surface area contributed by atoms with Gasteiger partial charge in [0, 0.05) is 24.5 Å². The molecule has 0 fully saturated rings. The summed E-state index contributed by atoms with van der Waals surface area (Å²) in [4.78, 5) is 13.5. The largest absolute Gasteiger partial charge is 0.450 e. The van der Waals surface area contributed by atoms with E-state index in [1.54, 1.807) is 6.92 Å². The van der Waals surface area contributed by atoms with Gasteiger partial charge in [0.2, 0.25) is 0 Å². The van der Waals surface area contributed by atoms with Gasteiger partial charge in [-0.3, -0.25) is 5.32 Å². The minimum Gasteiger partial charge on any atom is -0.450 e. The smallest absolute Gasteiger partial charge is 0.411 e. The van der Waals surface area contributed by atoms with E-state index in [2.05, 4.69) is 24.1 Å². The average molecular weight is 236 g/mol. The van der Waals surface area contributed by atoms with E-state index >= 15 is 0 Å². The molecule has 0 spiro atoms. The number of hydrogen-bond donors (Lipinski definition) is 1. The number of nitrogens with one attached hydrogen (secondary N) is 1. The predicted octanol–water partition coefficient (Wildman–Crippen LogP) is 3.10. The second-order valence-electron chi connectivity index (χ2n) is 3.57. The average Bonchev–Trinajstić information content (AvgIpc) is 2.31. The summed E-state index contributed by atoms with van der Waals surface area (Å²) < 4.78 is 4.84. The van der Waals surface area contributed by atoms with Crippen molar-refractivity contribution in [3.05, 3.63) is 24.3 Å². The zero-order chi connectivity index (χ0) is 12.7. The van der Waals surface area contributed by atoms with Gasteiger partial charge in [-0.1, -0.05) is 6.07 Å². The van der Waals surface area contributed by atoms with Crippen molar-refractivity contribution in [3.8, 4) is 0 Å².